The number of aliphatic carboxylic acids is 1. The first-order valence-electron chi connectivity index (χ1n) is 17.9. The van der Waals surface area contributed by atoms with E-state index in [1.54, 1.807) is 0 Å². The third-order valence-electron chi connectivity index (χ3n) is 9.51. The molecule has 0 aromatic heterocycles. The molecule has 0 saturated heterocycles. The summed E-state index contributed by atoms with van der Waals surface area (Å²) < 4.78 is 10.9. The summed E-state index contributed by atoms with van der Waals surface area (Å²) in [6.45, 7) is 14.4. The number of hydrogen-bond acceptors (Lipinski definition) is 7. The number of carboxylic acids is 1. The molecule has 0 radical (unpaired) electrons. The number of carboxylic acid groups (broad SMARTS) is 2. The van der Waals surface area contributed by atoms with Crippen LogP contribution in [0.5, 0.6) is 5.75 Å². The van der Waals surface area contributed by atoms with Gasteiger partial charge in [-0.25, -0.2) is 9.59 Å². The molecule has 48 heavy (non-hydrogen) atoms. The lowest BCUT2D eigenvalue weighted by molar-refractivity contribution is -0.139. The largest absolute Gasteiger partial charge is 0.482 e. The van der Waals surface area contributed by atoms with Crippen LogP contribution in [0.25, 0.3) is 0 Å². The fraction of sp³-hybridized carbons (Fsp3) is 0.757. The second-order valence-electron chi connectivity index (χ2n) is 14.8. The van der Waals surface area contributed by atoms with Crippen LogP contribution in [0, 0.1) is 23.2 Å². The number of amides is 2. The summed E-state index contributed by atoms with van der Waals surface area (Å²) in [4.78, 5) is 33.2. The molecule has 0 spiro atoms. The molecule has 2 aliphatic carbocycles. The van der Waals surface area contributed by atoms with Gasteiger partial charge in [-0.1, -0.05) is 52.2 Å². The monoisotopic (exact) mass is 677 g/mol. The van der Waals surface area contributed by atoms with E-state index in [-0.39, 0.29) is 24.0 Å². The predicted octanol–water partition coefficient (Wildman–Crippen LogP) is 5.41. The van der Waals surface area contributed by atoms with Crippen molar-refractivity contribution < 1.29 is 39.2 Å². The third-order valence-corrected chi connectivity index (χ3v) is 9.51. The maximum Gasteiger partial charge on any atom is 0.405 e. The van der Waals surface area contributed by atoms with Gasteiger partial charge in [-0.05, 0) is 101 Å². The van der Waals surface area contributed by atoms with Crippen molar-refractivity contribution in [3.63, 3.8) is 0 Å². The van der Waals surface area contributed by atoms with Crippen molar-refractivity contribution in [1.29, 1.82) is 0 Å². The van der Waals surface area contributed by atoms with E-state index in [4.69, 9.17) is 19.7 Å². The van der Waals surface area contributed by atoms with E-state index >= 15 is 0 Å². The lowest BCUT2D eigenvalue weighted by Gasteiger charge is -2.32. The van der Waals surface area contributed by atoms with E-state index in [0.717, 1.165) is 50.8 Å². The molecule has 3 rings (SSSR count). The number of aliphatic hydroxyl groups excluding tert-OH is 1. The molecule has 6 N–H and O–H groups in total. The molecule has 1 aromatic carbocycles. The fourth-order valence-corrected chi connectivity index (χ4v) is 6.86. The van der Waals surface area contributed by atoms with Gasteiger partial charge in [0.1, 0.15) is 11.3 Å². The molecule has 1 aromatic rings. The lowest BCUT2D eigenvalue weighted by Crippen LogP contribution is -2.55. The van der Waals surface area contributed by atoms with Gasteiger partial charge in [0.2, 0.25) is 5.91 Å². The molecule has 1 saturated carbocycles. The van der Waals surface area contributed by atoms with E-state index in [1.807, 2.05) is 19.1 Å². The van der Waals surface area contributed by atoms with Crippen molar-refractivity contribution in [2.45, 2.75) is 117 Å². The maximum absolute atomic E-state index is 11.8. The highest BCUT2D eigenvalue weighted by Gasteiger charge is 2.40. The summed E-state index contributed by atoms with van der Waals surface area (Å²) in [6.07, 6.45) is 9.81. The molecule has 2 amide bonds. The van der Waals surface area contributed by atoms with Gasteiger partial charge < -0.3 is 40.7 Å². The number of hydrogen-bond donors (Lipinski definition) is 6. The van der Waals surface area contributed by atoms with Gasteiger partial charge in [0, 0.05) is 31.7 Å². The van der Waals surface area contributed by atoms with Crippen LogP contribution >= 0.6 is 0 Å². The number of ether oxygens (including phenoxy) is 2. The number of carbonyl (C=O) groups excluding carboxylic acids is 1. The minimum atomic E-state index is -1.22. The number of fused-ring (bicyclic) bond motifs is 2. The highest BCUT2D eigenvalue weighted by Crippen LogP contribution is 2.48. The second-order valence-corrected chi connectivity index (χ2v) is 14.8. The minimum absolute atomic E-state index is 0.0319. The number of benzene rings is 1. The van der Waals surface area contributed by atoms with Gasteiger partial charge >= 0.3 is 12.1 Å². The zero-order chi connectivity index (χ0) is 35.7. The molecule has 1 fully saturated rings. The number of nitrogens with one attached hydrogen (secondary N) is 3. The second kappa shape index (κ2) is 20.6. The fourth-order valence-electron chi connectivity index (χ4n) is 6.86. The lowest BCUT2D eigenvalue weighted by atomic mass is 9.73. The Morgan fingerprint density at radius 1 is 1.00 bits per heavy atom. The average molecular weight is 678 g/mol. The number of aliphatic hydroxyl groups is 1. The Hall–Kier alpha value is -2.89. The van der Waals surface area contributed by atoms with Crippen molar-refractivity contribution in [3.05, 3.63) is 29.3 Å². The third kappa shape index (κ3) is 14.7. The zero-order valence-electron chi connectivity index (χ0n) is 30.2. The molecule has 0 aliphatic heterocycles. The van der Waals surface area contributed by atoms with Crippen molar-refractivity contribution in [1.82, 2.24) is 16.0 Å². The summed E-state index contributed by atoms with van der Waals surface area (Å²) in [7, 11) is 0. The quantitative estimate of drug-likeness (QED) is 0.0989. The van der Waals surface area contributed by atoms with Crippen LogP contribution in [0.1, 0.15) is 104 Å². The standard InChI is InChI=1S/C23H34O4.C14H29N3O4/c1-2-3-4-7-19(24)12-11-16-9-10-18-14-21-17(13-20(16)18)6-5-8-22(21)27-15-23(25)26;1-6-21-10-13(2,3)9-15-7-8-16-11(18)14(4,5)17-12(19)20/h5-6,8,16,18-20,24H,2-4,7,9-15H2,1H3,(H,25,26);15,17H,6-10H2,1-5H3,(H,16,18)(H,19,20). The van der Waals surface area contributed by atoms with Gasteiger partial charge in [-0.15, -0.1) is 0 Å². The van der Waals surface area contributed by atoms with E-state index in [9.17, 15) is 19.5 Å². The molecule has 11 nitrogen and oxygen atoms in total. The first-order chi connectivity index (χ1) is 22.7. The molecular weight excluding hydrogens is 614 g/mol. The summed E-state index contributed by atoms with van der Waals surface area (Å²) in [5.74, 6) is 1.57. The molecule has 0 bridgehead atoms. The van der Waals surface area contributed by atoms with Crippen LogP contribution in [-0.2, 0) is 27.2 Å². The van der Waals surface area contributed by atoms with E-state index in [2.05, 4.69) is 42.8 Å². The normalized spacial score (nSPS) is 19.3. The van der Waals surface area contributed by atoms with Crippen molar-refractivity contribution in [2.75, 3.05) is 39.5 Å². The highest BCUT2D eigenvalue weighted by molar-refractivity contribution is 5.88. The Labute approximate surface area is 287 Å². The summed E-state index contributed by atoms with van der Waals surface area (Å²) in [5, 5.41) is 35.9. The first-order valence-corrected chi connectivity index (χ1v) is 17.9. The molecule has 4 unspecified atom stereocenters. The Kier molecular flexibility index (Phi) is 17.7. The molecular formula is C37H63N3O8. The van der Waals surface area contributed by atoms with Gasteiger partial charge in [-0.2, -0.15) is 0 Å². The van der Waals surface area contributed by atoms with Crippen molar-refractivity contribution >= 4 is 18.0 Å². The number of carbonyl (C=O) groups is 3. The Morgan fingerprint density at radius 2 is 1.75 bits per heavy atom. The van der Waals surface area contributed by atoms with Crippen molar-refractivity contribution in [2.24, 2.45) is 23.2 Å². The number of unbranched alkanes of at least 4 members (excludes halogenated alkanes) is 2. The average Bonchev–Trinajstić information content (AvgIpc) is 3.41. The Bertz CT molecular complexity index is 1140. The Balaban J connectivity index is 0.000000347. The zero-order valence-corrected chi connectivity index (χ0v) is 30.2. The van der Waals surface area contributed by atoms with E-state index < -0.39 is 17.6 Å². The first kappa shape index (κ1) is 41.3. The van der Waals surface area contributed by atoms with E-state index in [1.165, 1.54) is 50.7 Å². The molecule has 2 aliphatic rings. The van der Waals surface area contributed by atoms with Gasteiger partial charge in [0.15, 0.2) is 6.61 Å². The minimum Gasteiger partial charge on any atom is -0.482 e. The molecule has 11 heteroatoms. The Morgan fingerprint density at radius 3 is 2.42 bits per heavy atom. The van der Waals surface area contributed by atoms with Crippen LogP contribution in [0.3, 0.4) is 0 Å². The molecule has 4 atom stereocenters. The highest BCUT2D eigenvalue weighted by atomic mass is 16.5. The summed E-state index contributed by atoms with van der Waals surface area (Å²) >= 11 is 0. The van der Waals surface area contributed by atoms with Crippen LogP contribution in [0.4, 0.5) is 4.79 Å². The smallest absolute Gasteiger partial charge is 0.405 e. The molecule has 0 heterocycles. The van der Waals surface area contributed by atoms with Crippen LogP contribution in [0.2, 0.25) is 0 Å². The van der Waals surface area contributed by atoms with Crippen LogP contribution in [0.15, 0.2) is 18.2 Å². The van der Waals surface area contributed by atoms with Gasteiger partial charge in [0.05, 0.1) is 12.7 Å². The number of rotatable bonds is 20. The molecule has 274 valence electrons. The summed E-state index contributed by atoms with van der Waals surface area (Å²) in [5.41, 5.74) is 1.44. The van der Waals surface area contributed by atoms with Crippen molar-refractivity contribution in [3.8, 4) is 5.75 Å². The topological polar surface area (TPSA) is 166 Å². The van der Waals surface area contributed by atoms with E-state index in [0.29, 0.717) is 44.1 Å². The summed E-state index contributed by atoms with van der Waals surface area (Å²) in [6, 6.07) is 6.06. The van der Waals surface area contributed by atoms with Gasteiger partial charge in [-0.3, -0.25) is 4.79 Å². The predicted molar refractivity (Wildman–Crippen MR) is 187 cm³/mol. The van der Waals surface area contributed by atoms with Gasteiger partial charge in [0.25, 0.3) is 0 Å². The van der Waals surface area contributed by atoms with Crippen LogP contribution < -0.4 is 20.7 Å². The SMILES string of the molecule is CCCCCC(O)CCC1CCC2Cc3c(cccc3OCC(=O)O)CC12.CCOCC(C)(C)CNCCNC(=O)C(C)(C)NC(=O)O. The maximum atomic E-state index is 11.8. The van der Waals surface area contributed by atoms with Crippen LogP contribution in [-0.4, -0.2) is 84.4 Å².